The van der Waals surface area contributed by atoms with Crippen LogP contribution >= 0.6 is 0 Å². The lowest BCUT2D eigenvalue weighted by Crippen LogP contribution is -2.25. The summed E-state index contributed by atoms with van der Waals surface area (Å²) in [6.45, 7) is 8.17. The Morgan fingerprint density at radius 2 is 1.95 bits per heavy atom. The summed E-state index contributed by atoms with van der Waals surface area (Å²) < 4.78 is 4.93. The first kappa shape index (κ1) is 14.1. The molecule has 0 saturated carbocycles. The maximum atomic E-state index is 11.9. The monoisotopic (exact) mass is 261 g/mol. The van der Waals surface area contributed by atoms with Crippen molar-refractivity contribution in [3.8, 4) is 0 Å². The van der Waals surface area contributed by atoms with Crippen LogP contribution in [0.15, 0.2) is 24.3 Å². The molecule has 1 heterocycles. The van der Waals surface area contributed by atoms with Crippen LogP contribution in [0, 0.1) is 5.92 Å². The maximum absolute atomic E-state index is 11.9. The number of hydrogen-bond donors (Lipinski definition) is 1. The molecule has 3 nitrogen and oxygen atoms in total. The summed E-state index contributed by atoms with van der Waals surface area (Å²) in [5.41, 5.74) is 2.67. The molecule has 1 aliphatic heterocycles. The summed E-state index contributed by atoms with van der Waals surface area (Å²) in [6, 6.07) is 8.44. The minimum atomic E-state index is -0.112. The van der Waals surface area contributed by atoms with Crippen LogP contribution in [0.3, 0.4) is 0 Å². The van der Waals surface area contributed by atoms with E-state index in [0.717, 1.165) is 6.54 Å². The highest BCUT2D eigenvalue weighted by Gasteiger charge is 2.36. The molecule has 0 amide bonds. The van der Waals surface area contributed by atoms with Gasteiger partial charge in [0.15, 0.2) is 0 Å². The van der Waals surface area contributed by atoms with E-state index in [1.165, 1.54) is 18.2 Å². The van der Waals surface area contributed by atoms with Crippen LogP contribution in [0.1, 0.15) is 37.8 Å². The molecule has 1 fully saturated rings. The average Bonchev–Trinajstić information content (AvgIpc) is 2.86. The second-order valence-corrected chi connectivity index (χ2v) is 6.23. The summed E-state index contributed by atoms with van der Waals surface area (Å²) in [4.78, 5) is 11.9. The number of rotatable bonds is 2. The van der Waals surface area contributed by atoms with Gasteiger partial charge in [0, 0.05) is 19.0 Å². The highest BCUT2D eigenvalue weighted by atomic mass is 16.5. The number of benzene rings is 1. The van der Waals surface area contributed by atoms with E-state index in [2.05, 4.69) is 50.4 Å². The van der Waals surface area contributed by atoms with Crippen molar-refractivity contribution in [2.75, 3.05) is 20.2 Å². The molecular formula is C16H23NO2. The van der Waals surface area contributed by atoms with E-state index in [1.54, 1.807) is 0 Å². The molecule has 3 heteroatoms. The van der Waals surface area contributed by atoms with E-state index in [1.807, 2.05) is 0 Å². The molecule has 0 bridgehead atoms. The van der Waals surface area contributed by atoms with Crippen LogP contribution in [0.2, 0.25) is 0 Å². The van der Waals surface area contributed by atoms with Crippen molar-refractivity contribution >= 4 is 5.97 Å². The van der Waals surface area contributed by atoms with E-state index >= 15 is 0 Å². The third-order valence-electron chi connectivity index (χ3n) is 3.89. The standard InChI is InChI=1S/C16H23NO2/c1-16(2,3)14-8-6-5-7-11(14)12-9-17-10-13(12)15(18)19-4/h5-8,12-13,17H,9-10H2,1-4H3. The predicted octanol–water partition coefficient (Wildman–Crippen LogP) is 2.46. The molecule has 2 atom stereocenters. The van der Waals surface area contributed by atoms with E-state index in [9.17, 15) is 4.79 Å². The van der Waals surface area contributed by atoms with Gasteiger partial charge in [0.25, 0.3) is 0 Å². The van der Waals surface area contributed by atoms with Gasteiger partial charge in [-0.2, -0.15) is 0 Å². The topological polar surface area (TPSA) is 38.3 Å². The lowest BCUT2D eigenvalue weighted by Gasteiger charge is -2.27. The molecule has 1 saturated heterocycles. The van der Waals surface area contributed by atoms with Crippen molar-refractivity contribution in [2.24, 2.45) is 5.92 Å². The Morgan fingerprint density at radius 1 is 1.26 bits per heavy atom. The van der Waals surface area contributed by atoms with Gasteiger partial charge in [0.1, 0.15) is 0 Å². The zero-order valence-electron chi connectivity index (χ0n) is 12.2. The molecule has 1 aromatic rings. The van der Waals surface area contributed by atoms with Crippen molar-refractivity contribution in [1.29, 1.82) is 0 Å². The minimum absolute atomic E-state index is 0.0755. The third-order valence-corrected chi connectivity index (χ3v) is 3.89. The number of carbonyl (C=O) groups excluding carboxylic acids is 1. The fourth-order valence-corrected chi connectivity index (χ4v) is 2.91. The first-order chi connectivity index (χ1) is 8.95. The second-order valence-electron chi connectivity index (χ2n) is 6.23. The van der Waals surface area contributed by atoms with Crippen molar-refractivity contribution in [1.82, 2.24) is 5.32 Å². The summed E-state index contributed by atoms with van der Waals surface area (Å²) in [7, 11) is 1.47. The summed E-state index contributed by atoms with van der Waals surface area (Å²) >= 11 is 0. The Bertz CT molecular complexity index is 462. The molecule has 0 aliphatic carbocycles. The van der Waals surface area contributed by atoms with Crippen LogP contribution in [0.25, 0.3) is 0 Å². The van der Waals surface area contributed by atoms with Gasteiger partial charge in [-0.1, -0.05) is 45.0 Å². The Hall–Kier alpha value is -1.35. The fourth-order valence-electron chi connectivity index (χ4n) is 2.91. The summed E-state index contributed by atoms with van der Waals surface area (Å²) in [6.07, 6.45) is 0. The molecule has 0 aromatic heterocycles. The Morgan fingerprint density at radius 3 is 2.58 bits per heavy atom. The number of ether oxygens (including phenoxy) is 1. The quantitative estimate of drug-likeness (QED) is 0.831. The molecular weight excluding hydrogens is 238 g/mol. The summed E-state index contributed by atoms with van der Waals surface area (Å²) in [5, 5.41) is 3.31. The lowest BCUT2D eigenvalue weighted by molar-refractivity contribution is -0.145. The van der Waals surface area contributed by atoms with Gasteiger partial charge in [0.2, 0.25) is 0 Å². The third kappa shape index (κ3) is 2.81. The molecule has 1 aliphatic rings. The Balaban J connectivity index is 2.39. The Labute approximate surface area is 115 Å². The predicted molar refractivity (Wildman–Crippen MR) is 76.3 cm³/mol. The zero-order chi connectivity index (χ0) is 14.0. The smallest absolute Gasteiger partial charge is 0.310 e. The van der Waals surface area contributed by atoms with E-state index < -0.39 is 0 Å². The van der Waals surface area contributed by atoms with Crippen molar-refractivity contribution in [3.63, 3.8) is 0 Å². The number of nitrogens with one attached hydrogen (secondary N) is 1. The van der Waals surface area contributed by atoms with Crippen LogP contribution in [0.4, 0.5) is 0 Å². The lowest BCUT2D eigenvalue weighted by atomic mass is 9.77. The Kier molecular flexibility index (Phi) is 3.95. The number of esters is 1. The van der Waals surface area contributed by atoms with Crippen molar-refractivity contribution in [2.45, 2.75) is 32.1 Å². The molecule has 1 aromatic carbocycles. The van der Waals surface area contributed by atoms with Crippen LogP contribution in [0.5, 0.6) is 0 Å². The fraction of sp³-hybridized carbons (Fsp3) is 0.562. The first-order valence-electron chi connectivity index (χ1n) is 6.83. The molecule has 2 unspecified atom stereocenters. The highest BCUT2D eigenvalue weighted by Crippen LogP contribution is 2.36. The number of methoxy groups -OCH3 is 1. The normalized spacial score (nSPS) is 23.4. The van der Waals surface area contributed by atoms with E-state index in [-0.39, 0.29) is 23.2 Å². The van der Waals surface area contributed by atoms with Crippen molar-refractivity contribution < 1.29 is 9.53 Å². The first-order valence-corrected chi connectivity index (χ1v) is 6.83. The molecule has 19 heavy (non-hydrogen) atoms. The van der Waals surface area contributed by atoms with Crippen LogP contribution < -0.4 is 5.32 Å². The average molecular weight is 261 g/mol. The van der Waals surface area contributed by atoms with Gasteiger partial charge in [-0.15, -0.1) is 0 Å². The van der Waals surface area contributed by atoms with Gasteiger partial charge in [-0.05, 0) is 16.5 Å². The van der Waals surface area contributed by atoms with Gasteiger partial charge in [-0.25, -0.2) is 0 Å². The maximum Gasteiger partial charge on any atom is 0.310 e. The van der Waals surface area contributed by atoms with E-state index in [4.69, 9.17) is 4.74 Å². The van der Waals surface area contributed by atoms with Gasteiger partial charge >= 0.3 is 5.97 Å². The molecule has 1 N–H and O–H groups in total. The van der Waals surface area contributed by atoms with Crippen LogP contribution in [-0.4, -0.2) is 26.2 Å². The van der Waals surface area contributed by atoms with E-state index in [0.29, 0.717) is 6.54 Å². The highest BCUT2D eigenvalue weighted by molar-refractivity contribution is 5.74. The van der Waals surface area contributed by atoms with Gasteiger partial charge in [-0.3, -0.25) is 4.79 Å². The molecule has 0 radical (unpaired) electrons. The zero-order valence-corrected chi connectivity index (χ0v) is 12.2. The molecule has 2 rings (SSSR count). The molecule has 104 valence electrons. The van der Waals surface area contributed by atoms with Gasteiger partial charge < -0.3 is 10.1 Å². The molecule has 0 spiro atoms. The minimum Gasteiger partial charge on any atom is -0.469 e. The largest absolute Gasteiger partial charge is 0.469 e. The van der Waals surface area contributed by atoms with Crippen LogP contribution in [-0.2, 0) is 14.9 Å². The number of carbonyl (C=O) groups is 1. The second kappa shape index (κ2) is 5.33. The van der Waals surface area contributed by atoms with Crippen molar-refractivity contribution in [3.05, 3.63) is 35.4 Å². The number of hydrogen-bond acceptors (Lipinski definition) is 3. The van der Waals surface area contributed by atoms with Gasteiger partial charge in [0.05, 0.1) is 13.0 Å². The SMILES string of the molecule is COC(=O)C1CNCC1c1ccccc1C(C)(C)C. The summed E-state index contributed by atoms with van der Waals surface area (Å²) in [5.74, 6) is 0.0232.